The first kappa shape index (κ1) is 19.6. The van der Waals surface area contributed by atoms with Crippen molar-refractivity contribution in [2.45, 2.75) is 13.0 Å². The van der Waals surface area contributed by atoms with Gasteiger partial charge in [0, 0.05) is 22.5 Å². The number of nitrogens with zero attached hydrogens (tertiary/aromatic N) is 2. The summed E-state index contributed by atoms with van der Waals surface area (Å²) in [6.45, 7) is 1.66. The molecule has 0 radical (unpaired) electrons. The fourth-order valence-electron chi connectivity index (χ4n) is 2.65. The van der Waals surface area contributed by atoms with E-state index in [0.29, 0.717) is 21.5 Å². The maximum Gasteiger partial charge on any atom is 0.265 e. The molecule has 29 heavy (non-hydrogen) atoms. The summed E-state index contributed by atoms with van der Waals surface area (Å²) in [5, 5.41) is 4.57. The van der Waals surface area contributed by atoms with Crippen molar-refractivity contribution in [3.63, 3.8) is 0 Å². The third-order valence-electron chi connectivity index (χ3n) is 4.13. The maximum atomic E-state index is 12.4. The van der Waals surface area contributed by atoms with E-state index >= 15 is 0 Å². The Hall–Kier alpha value is -2.67. The second-order valence-corrected chi connectivity index (χ2v) is 8.07. The van der Waals surface area contributed by atoms with E-state index in [9.17, 15) is 4.79 Å². The molecule has 5 nitrogen and oxygen atoms in total. The lowest BCUT2D eigenvalue weighted by Gasteiger charge is -2.16. The summed E-state index contributed by atoms with van der Waals surface area (Å²) in [7, 11) is 0. The summed E-state index contributed by atoms with van der Waals surface area (Å²) in [4.78, 5) is 22.2. The van der Waals surface area contributed by atoms with E-state index in [1.54, 1.807) is 31.3 Å². The molecule has 0 saturated heterocycles. The zero-order valence-corrected chi connectivity index (χ0v) is 17.6. The van der Waals surface area contributed by atoms with Gasteiger partial charge >= 0.3 is 0 Å². The minimum absolute atomic E-state index is 0.284. The van der Waals surface area contributed by atoms with E-state index in [-0.39, 0.29) is 5.91 Å². The summed E-state index contributed by atoms with van der Waals surface area (Å²) < 4.78 is 5.64. The van der Waals surface area contributed by atoms with E-state index in [0.717, 1.165) is 20.9 Å². The van der Waals surface area contributed by atoms with Gasteiger partial charge in [-0.25, -0.2) is 9.97 Å². The number of rotatable bonds is 5. The third-order valence-corrected chi connectivity index (χ3v) is 5.69. The van der Waals surface area contributed by atoms with Crippen LogP contribution in [0.5, 0.6) is 5.75 Å². The van der Waals surface area contributed by atoms with Crippen LogP contribution in [0.25, 0.3) is 20.9 Å². The molecule has 2 aromatic carbocycles. The van der Waals surface area contributed by atoms with Gasteiger partial charge in [-0.2, -0.15) is 0 Å². The van der Waals surface area contributed by atoms with Crippen molar-refractivity contribution in [1.29, 1.82) is 0 Å². The van der Waals surface area contributed by atoms with E-state index in [4.69, 9.17) is 27.9 Å². The van der Waals surface area contributed by atoms with Crippen molar-refractivity contribution < 1.29 is 9.53 Å². The van der Waals surface area contributed by atoms with Gasteiger partial charge in [0.25, 0.3) is 5.91 Å². The zero-order chi connectivity index (χ0) is 20.4. The Morgan fingerprint density at radius 1 is 1.14 bits per heavy atom. The lowest BCUT2D eigenvalue weighted by molar-refractivity contribution is -0.122. The van der Waals surface area contributed by atoms with Crippen LogP contribution >= 0.6 is 34.5 Å². The number of ether oxygens (including phenoxy) is 1. The molecule has 0 fully saturated rings. The molecule has 0 bridgehead atoms. The van der Waals surface area contributed by atoms with Crippen LogP contribution in [0, 0.1) is 0 Å². The summed E-state index contributed by atoms with van der Waals surface area (Å²) in [5.74, 6) is 0.117. The van der Waals surface area contributed by atoms with Crippen molar-refractivity contribution >= 4 is 56.5 Å². The number of amides is 1. The molecule has 8 heteroatoms. The predicted molar refractivity (Wildman–Crippen MR) is 118 cm³/mol. The highest BCUT2D eigenvalue weighted by Crippen LogP contribution is 2.30. The van der Waals surface area contributed by atoms with Crippen molar-refractivity contribution in [3.05, 3.63) is 70.8 Å². The van der Waals surface area contributed by atoms with Gasteiger partial charge in [0.2, 0.25) is 0 Å². The van der Waals surface area contributed by atoms with Crippen LogP contribution in [-0.2, 0) is 4.79 Å². The number of thiazole rings is 1. The molecule has 4 aromatic rings. The van der Waals surface area contributed by atoms with Gasteiger partial charge < -0.3 is 10.1 Å². The van der Waals surface area contributed by atoms with Gasteiger partial charge in [-0.05, 0) is 61.5 Å². The van der Waals surface area contributed by atoms with Crippen LogP contribution < -0.4 is 10.1 Å². The Kier molecular flexibility index (Phi) is 5.67. The molecule has 146 valence electrons. The molecule has 1 atom stereocenters. The summed E-state index contributed by atoms with van der Waals surface area (Å²) in [5.41, 5.74) is 2.50. The number of aromatic nitrogens is 2. The van der Waals surface area contributed by atoms with Gasteiger partial charge in [-0.1, -0.05) is 34.5 Å². The maximum absolute atomic E-state index is 12.4. The first-order chi connectivity index (χ1) is 14.0. The molecule has 1 amide bonds. The van der Waals surface area contributed by atoms with Crippen LogP contribution in [0.1, 0.15) is 6.92 Å². The molecule has 4 rings (SSSR count). The van der Waals surface area contributed by atoms with E-state index < -0.39 is 6.10 Å². The van der Waals surface area contributed by atoms with Gasteiger partial charge in [0.1, 0.15) is 21.1 Å². The largest absolute Gasteiger partial charge is 0.479 e. The summed E-state index contributed by atoms with van der Waals surface area (Å²) in [6.07, 6.45) is 1.02. The molecule has 0 saturated carbocycles. The number of halogens is 2. The first-order valence-electron chi connectivity index (χ1n) is 8.74. The molecule has 2 heterocycles. The number of benzene rings is 2. The smallest absolute Gasteiger partial charge is 0.265 e. The average Bonchev–Trinajstić information content (AvgIpc) is 3.15. The summed E-state index contributed by atoms with van der Waals surface area (Å²) >= 11 is 13.5. The molecular weight excluding hydrogens is 429 g/mol. The van der Waals surface area contributed by atoms with Crippen LogP contribution in [0.3, 0.4) is 0 Å². The number of hydrogen-bond acceptors (Lipinski definition) is 5. The number of fused-ring (bicyclic) bond motifs is 1. The fraction of sp³-hybridized carbons (Fsp3) is 0.0952. The monoisotopic (exact) mass is 443 g/mol. The fourth-order valence-corrected chi connectivity index (χ4v) is 4.01. The minimum Gasteiger partial charge on any atom is -0.479 e. The Morgan fingerprint density at radius 2 is 1.93 bits per heavy atom. The second-order valence-electron chi connectivity index (χ2n) is 6.25. The van der Waals surface area contributed by atoms with Crippen molar-refractivity contribution in [2.75, 3.05) is 5.32 Å². The zero-order valence-electron chi connectivity index (χ0n) is 15.2. The average molecular weight is 444 g/mol. The highest BCUT2D eigenvalue weighted by molar-refractivity contribution is 7.21. The molecule has 1 N–H and O–H groups in total. The predicted octanol–water partition coefficient (Wildman–Crippen LogP) is 6.07. The summed E-state index contributed by atoms with van der Waals surface area (Å²) in [6, 6.07) is 16.1. The normalized spacial score (nSPS) is 12.0. The third kappa shape index (κ3) is 4.50. The van der Waals surface area contributed by atoms with Crippen LogP contribution in [0.15, 0.2) is 60.8 Å². The number of pyridine rings is 1. The van der Waals surface area contributed by atoms with Crippen molar-refractivity contribution in [3.8, 4) is 16.3 Å². The van der Waals surface area contributed by atoms with Gasteiger partial charge in [0.15, 0.2) is 6.10 Å². The molecule has 0 aliphatic carbocycles. The standard InChI is InChI=1S/C21H15Cl2N3O2S/c1-12(28-18-9-6-14(22)11-16(18)23)19(27)25-15-7-4-13(5-8-15)20-26-17-3-2-10-24-21(17)29-20/h2-12H,1H3,(H,25,27). The van der Waals surface area contributed by atoms with Crippen LogP contribution in [0.2, 0.25) is 10.0 Å². The number of anilines is 1. The number of carbonyl (C=O) groups excluding carboxylic acids is 1. The SMILES string of the molecule is CC(Oc1ccc(Cl)cc1Cl)C(=O)Nc1ccc(-c2nc3cccnc3s2)cc1. The highest BCUT2D eigenvalue weighted by Gasteiger charge is 2.17. The Balaban J connectivity index is 1.43. The Labute approximate surface area is 181 Å². The number of carbonyl (C=O) groups is 1. The lowest BCUT2D eigenvalue weighted by atomic mass is 10.2. The molecular formula is C21H15Cl2N3O2S. The molecule has 2 aromatic heterocycles. The highest BCUT2D eigenvalue weighted by atomic mass is 35.5. The van der Waals surface area contributed by atoms with Crippen molar-refractivity contribution in [1.82, 2.24) is 9.97 Å². The number of nitrogens with one attached hydrogen (secondary N) is 1. The molecule has 0 aliphatic heterocycles. The Morgan fingerprint density at radius 3 is 2.66 bits per heavy atom. The van der Waals surface area contributed by atoms with Gasteiger partial charge in [-0.3, -0.25) is 4.79 Å². The first-order valence-corrected chi connectivity index (χ1v) is 10.3. The second kappa shape index (κ2) is 8.37. The molecule has 0 spiro atoms. The van der Waals surface area contributed by atoms with Gasteiger partial charge in [-0.15, -0.1) is 0 Å². The van der Waals surface area contributed by atoms with Gasteiger partial charge in [0.05, 0.1) is 5.02 Å². The quantitative estimate of drug-likeness (QED) is 0.406. The number of hydrogen-bond donors (Lipinski definition) is 1. The van der Waals surface area contributed by atoms with E-state index in [2.05, 4.69) is 15.3 Å². The van der Waals surface area contributed by atoms with Crippen LogP contribution in [-0.4, -0.2) is 22.0 Å². The topological polar surface area (TPSA) is 64.1 Å². The minimum atomic E-state index is -0.733. The lowest BCUT2D eigenvalue weighted by Crippen LogP contribution is -2.30. The Bertz CT molecular complexity index is 1150. The van der Waals surface area contributed by atoms with E-state index in [1.807, 2.05) is 36.4 Å². The van der Waals surface area contributed by atoms with Crippen molar-refractivity contribution in [2.24, 2.45) is 0 Å². The molecule has 0 aliphatic rings. The van der Waals surface area contributed by atoms with Crippen LogP contribution in [0.4, 0.5) is 5.69 Å². The molecule has 1 unspecified atom stereocenters. The van der Waals surface area contributed by atoms with E-state index in [1.165, 1.54) is 11.3 Å².